The van der Waals surface area contributed by atoms with Gasteiger partial charge in [-0.3, -0.25) is 13.9 Å². The van der Waals surface area contributed by atoms with Gasteiger partial charge >= 0.3 is 0 Å². The summed E-state index contributed by atoms with van der Waals surface area (Å²) >= 11 is 12.5. The Morgan fingerprint density at radius 2 is 1.66 bits per heavy atom. The van der Waals surface area contributed by atoms with Crippen LogP contribution < -0.4 is 9.62 Å². The smallest absolute Gasteiger partial charge is 0.244 e. The van der Waals surface area contributed by atoms with E-state index >= 15 is 0 Å². The zero-order valence-electron chi connectivity index (χ0n) is 22.2. The first-order valence-electron chi connectivity index (χ1n) is 12.2. The number of rotatable bonds is 9. The number of sulfonamides is 1. The van der Waals surface area contributed by atoms with Crippen molar-refractivity contribution in [2.24, 2.45) is 0 Å². The SMILES string of the molecule is CC[C@@H](C(=O)NC(C)(C)C)N(Cc1ccc(Cl)cc1Cl)C(=O)CN(c1cccc2ccccc12)S(C)(=O)=O. The van der Waals surface area contributed by atoms with Gasteiger partial charge in [-0.15, -0.1) is 0 Å². The van der Waals surface area contributed by atoms with E-state index in [-0.39, 0.29) is 12.5 Å². The third-order valence-electron chi connectivity index (χ3n) is 5.95. The van der Waals surface area contributed by atoms with Crippen LogP contribution in [0.15, 0.2) is 60.7 Å². The second-order valence-electron chi connectivity index (χ2n) is 10.2. The number of halogens is 2. The van der Waals surface area contributed by atoms with Crippen LogP contribution in [0.2, 0.25) is 10.0 Å². The number of anilines is 1. The van der Waals surface area contributed by atoms with Crippen LogP contribution in [0.3, 0.4) is 0 Å². The van der Waals surface area contributed by atoms with Crippen LogP contribution in [-0.4, -0.2) is 49.5 Å². The second-order valence-corrected chi connectivity index (χ2v) is 12.9. The van der Waals surface area contributed by atoms with Crippen molar-refractivity contribution in [3.05, 3.63) is 76.3 Å². The Labute approximate surface area is 234 Å². The van der Waals surface area contributed by atoms with E-state index in [0.717, 1.165) is 15.9 Å². The van der Waals surface area contributed by atoms with Gasteiger partial charge in [0.25, 0.3) is 0 Å². The summed E-state index contributed by atoms with van der Waals surface area (Å²) in [5, 5.41) is 5.25. The van der Waals surface area contributed by atoms with Crippen LogP contribution in [0.5, 0.6) is 0 Å². The quantitative estimate of drug-likeness (QED) is 0.357. The van der Waals surface area contributed by atoms with Gasteiger partial charge in [-0.25, -0.2) is 8.42 Å². The van der Waals surface area contributed by atoms with E-state index in [4.69, 9.17) is 23.2 Å². The van der Waals surface area contributed by atoms with Gasteiger partial charge in [-0.2, -0.15) is 0 Å². The van der Waals surface area contributed by atoms with E-state index in [2.05, 4.69) is 5.32 Å². The fourth-order valence-electron chi connectivity index (χ4n) is 4.23. The number of amides is 2. The Morgan fingerprint density at radius 3 is 2.26 bits per heavy atom. The summed E-state index contributed by atoms with van der Waals surface area (Å²) in [6.07, 6.45) is 1.37. The van der Waals surface area contributed by atoms with E-state index in [1.54, 1.807) is 37.3 Å². The molecule has 38 heavy (non-hydrogen) atoms. The van der Waals surface area contributed by atoms with Crippen LogP contribution in [0.25, 0.3) is 10.8 Å². The molecule has 0 heterocycles. The van der Waals surface area contributed by atoms with Gasteiger partial charge in [0, 0.05) is 27.5 Å². The molecular weight excluding hydrogens is 545 g/mol. The van der Waals surface area contributed by atoms with Crippen molar-refractivity contribution in [2.75, 3.05) is 17.1 Å². The van der Waals surface area contributed by atoms with E-state index < -0.39 is 34.1 Å². The van der Waals surface area contributed by atoms with Crippen LogP contribution in [0.4, 0.5) is 5.69 Å². The lowest BCUT2D eigenvalue weighted by Gasteiger charge is -2.34. The van der Waals surface area contributed by atoms with E-state index in [1.807, 2.05) is 51.1 Å². The highest BCUT2D eigenvalue weighted by Gasteiger charge is 2.33. The third kappa shape index (κ3) is 7.40. The van der Waals surface area contributed by atoms with Crippen molar-refractivity contribution in [3.8, 4) is 0 Å². The number of hydrogen-bond donors (Lipinski definition) is 1. The molecule has 0 saturated carbocycles. The summed E-state index contributed by atoms with van der Waals surface area (Å²) in [6, 6.07) is 16.7. The standard InChI is InChI=1S/C28H33Cl2N3O4S/c1-6-24(27(35)31-28(2,3)4)32(17-20-14-15-21(29)16-23(20)30)26(34)18-33(38(5,36)37)25-13-9-11-19-10-7-8-12-22(19)25/h7-16,24H,6,17-18H2,1-5H3,(H,31,35)/t24-/m0/s1. The molecule has 0 aliphatic heterocycles. The highest BCUT2D eigenvalue weighted by molar-refractivity contribution is 7.92. The number of hydrogen-bond acceptors (Lipinski definition) is 4. The molecule has 2 amide bonds. The van der Waals surface area contributed by atoms with Crippen LogP contribution in [0.1, 0.15) is 39.7 Å². The molecule has 0 saturated heterocycles. The first-order valence-corrected chi connectivity index (χ1v) is 14.8. The summed E-state index contributed by atoms with van der Waals surface area (Å²) in [4.78, 5) is 28.6. The summed E-state index contributed by atoms with van der Waals surface area (Å²) in [5.41, 5.74) is 0.442. The van der Waals surface area contributed by atoms with Crippen molar-refractivity contribution < 1.29 is 18.0 Å². The molecule has 0 fully saturated rings. The molecule has 3 rings (SSSR count). The molecule has 0 aliphatic carbocycles. The molecule has 7 nitrogen and oxygen atoms in total. The predicted molar refractivity (Wildman–Crippen MR) is 155 cm³/mol. The Hall–Kier alpha value is -2.81. The van der Waals surface area contributed by atoms with Crippen LogP contribution >= 0.6 is 23.2 Å². The molecule has 0 aromatic heterocycles. The second kappa shape index (κ2) is 11.9. The maximum atomic E-state index is 13.9. The fraction of sp³-hybridized carbons (Fsp3) is 0.357. The largest absolute Gasteiger partial charge is 0.350 e. The zero-order chi connectivity index (χ0) is 28.3. The Kier molecular flexibility index (Phi) is 9.34. The average Bonchev–Trinajstić information content (AvgIpc) is 2.81. The highest BCUT2D eigenvalue weighted by atomic mass is 35.5. The van der Waals surface area contributed by atoms with Gasteiger partial charge < -0.3 is 10.2 Å². The molecule has 3 aromatic carbocycles. The first kappa shape index (κ1) is 29.7. The van der Waals surface area contributed by atoms with Gasteiger partial charge in [0.05, 0.1) is 11.9 Å². The van der Waals surface area contributed by atoms with E-state index in [9.17, 15) is 18.0 Å². The topological polar surface area (TPSA) is 86.8 Å². The van der Waals surface area contributed by atoms with Crippen molar-refractivity contribution in [2.45, 2.75) is 52.2 Å². The van der Waals surface area contributed by atoms with Gasteiger partial charge in [0.15, 0.2) is 0 Å². The Morgan fingerprint density at radius 1 is 1.00 bits per heavy atom. The number of nitrogens with zero attached hydrogens (tertiary/aromatic N) is 2. The lowest BCUT2D eigenvalue weighted by molar-refractivity contribution is -0.141. The number of benzene rings is 3. The number of fused-ring (bicyclic) bond motifs is 1. The van der Waals surface area contributed by atoms with E-state index in [0.29, 0.717) is 33.1 Å². The Balaban J connectivity index is 2.06. The summed E-state index contributed by atoms with van der Waals surface area (Å²) < 4.78 is 27.1. The first-order chi connectivity index (χ1) is 17.7. The number of carbonyl (C=O) groups excluding carboxylic acids is 2. The molecule has 0 radical (unpaired) electrons. The van der Waals surface area contributed by atoms with Crippen LogP contribution in [0, 0.1) is 0 Å². The molecule has 10 heteroatoms. The van der Waals surface area contributed by atoms with E-state index in [1.165, 1.54) is 4.90 Å². The minimum absolute atomic E-state index is 0.00194. The van der Waals surface area contributed by atoms with Gasteiger partial charge in [-0.05, 0) is 56.3 Å². The van der Waals surface area contributed by atoms with Crippen molar-refractivity contribution in [1.29, 1.82) is 0 Å². The summed E-state index contributed by atoms with van der Waals surface area (Å²) in [7, 11) is -3.86. The molecule has 0 spiro atoms. The lowest BCUT2D eigenvalue weighted by Crippen LogP contribution is -2.55. The molecule has 204 valence electrons. The summed E-state index contributed by atoms with van der Waals surface area (Å²) in [6.45, 7) is 6.87. The van der Waals surface area contributed by atoms with Gasteiger partial charge in [0.2, 0.25) is 21.8 Å². The molecule has 0 bridgehead atoms. The van der Waals surface area contributed by atoms with Crippen molar-refractivity contribution in [1.82, 2.24) is 10.2 Å². The highest BCUT2D eigenvalue weighted by Crippen LogP contribution is 2.29. The minimum atomic E-state index is -3.86. The summed E-state index contributed by atoms with van der Waals surface area (Å²) in [5.74, 6) is -0.875. The monoisotopic (exact) mass is 577 g/mol. The average molecular weight is 579 g/mol. The van der Waals surface area contributed by atoms with Gasteiger partial charge in [-0.1, -0.05) is 72.6 Å². The maximum absolute atomic E-state index is 13.9. The molecular formula is C28H33Cl2N3O4S. The molecule has 1 N–H and O–H groups in total. The fourth-order valence-corrected chi connectivity index (χ4v) is 5.56. The molecule has 1 atom stereocenters. The zero-order valence-corrected chi connectivity index (χ0v) is 24.5. The lowest BCUT2D eigenvalue weighted by atomic mass is 10.1. The molecule has 0 aliphatic rings. The third-order valence-corrected chi connectivity index (χ3v) is 7.67. The molecule has 3 aromatic rings. The van der Waals surface area contributed by atoms with Crippen molar-refractivity contribution >= 4 is 61.5 Å². The predicted octanol–water partition coefficient (Wildman–Crippen LogP) is 5.63. The molecule has 0 unspecified atom stereocenters. The number of nitrogens with one attached hydrogen (secondary N) is 1. The maximum Gasteiger partial charge on any atom is 0.244 e. The Bertz CT molecular complexity index is 1430. The van der Waals surface area contributed by atoms with Crippen molar-refractivity contribution in [3.63, 3.8) is 0 Å². The van der Waals surface area contributed by atoms with Gasteiger partial charge in [0.1, 0.15) is 12.6 Å². The minimum Gasteiger partial charge on any atom is -0.350 e. The number of carbonyl (C=O) groups is 2. The normalized spacial score (nSPS) is 12.7. The van der Waals surface area contributed by atoms with Crippen LogP contribution in [-0.2, 0) is 26.2 Å².